The smallest absolute Gasteiger partial charge is 0.323 e. The summed E-state index contributed by atoms with van der Waals surface area (Å²) in [7, 11) is 0. The van der Waals surface area contributed by atoms with Gasteiger partial charge in [-0.3, -0.25) is 10.1 Å². The largest absolute Gasteiger partial charge is 0.465 e. The quantitative estimate of drug-likeness (QED) is 0.693. The summed E-state index contributed by atoms with van der Waals surface area (Å²) >= 11 is 0. The van der Waals surface area contributed by atoms with Crippen molar-refractivity contribution in [2.45, 2.75) is 32.9 Å². The molecule has 0 saturated heterocycles. The number of esters is 1. The lowest BCUT2D eigenvalue weighted by Gasteiger charge is -2.13. The maximum atomic E-state index is 11.4. The lowest BCUT2D eigenvalue weighted by molar-refractivity contribution is -0.145. The Morgan fingerprint density at radius 2 is 2.47 bits per heavy atom. The second kappa shape index (κ2) is 6.13. The minimum Gasteiger partial charge on any atom is -0.465 e. The van der Waals surface area contributed by atoms with Crippen LogP contribution in [0.25, 0.3) is 0 Å². The van der Waals surface area contributed by atoms with Crippen molar-refractivity contribution in [2.75, 3.05) is 6.61 Å². The number of hydrogen-bond donors (Lipinski definition) is 1. The zero-order valence-electron chi connectivity index (χ0n) is 8.90. The third kappa shape index (κ3) is 3.67. The molecule has 15 heavy (non-hydrogen) atoms. The van der Waals surface area contributed by atoms with Gasteiger partial charge in [0.1, 0.15) is 6.04 Å². The van der Waals surface area contributed by atoms with Crippen LogP contribution in [0, 0.1) is 0 Å². The molecule has 0 amide bonds. The molecule has 1 aromatic heterocycles. The molecule has 1 N–H and O–H groups in total. The standard InChI is InChI=1S/C9H15N3O3/c1-3-7(9(13)14-4-2)10-5-8-11-6-15-12-8/h6-7,10H,3-5H2,1-2H3. The zero-order valence-corrected chi connectivity index (χ0v) is 8.90. The van der Waals surface area contributed by atoms with Gasteiger partial charge in [0, 0.05) is 0 Å². The van der Waals surface area contributed by atoms with Crippen LogP contribution in [0.2, 0.25) is 0 Å². The van der Waals surface area contributed by atoms with E-state index >= 15 is 0 Å². The van der Waals surface area contributed by atoms with Crippen LogP contribution >= 0.6 is 0 Å². The minimum atomic E-state index is -0.316. The summed E-state index contributed by atoms with van der Waals surface area (Å²) < 4.78 is 9.47. The van der Waals surface area contributed by atoms with Gasteiger partial charge in [-0.05, 0) is 13.3 Å². The molecule has 0 fully saturated rings. The average molecular weight is 213 g/mol. The van der Waals surface area contributed by atoms with Gasteiger partial charge in [-0.15, -0.1) is 0 Å². The number of carbonyl (C=O) groups is 1. The topological polar surface area (TPSA) is 77.2 Å². The fourth-order valence-electron chi connectivity index (χ4n) is 1.12. The number of rotatable bonds is 6. The Kier molecular flexibility index (Phi) is 4.76. The van der Waals surface area contributed by atoms with E-state index in [9.17, 15) is 4.79 Å². The summed E-state index contributed by atoms with van der Waals surface area (Å²) in [6.07, 6.45) is 1.92. The Morgan fingerprint density at radius 1 is 1.67 bits per heavy atom. The highest BCUT2D eigenvalue weighted by Crippen LogP contribution is 1.97. The highest BCUT2D eigenvalue weighted by atomic mass is 16.5. The average Bonchev–Trinajstić information content (AvgIpc) is 2.72. The van der Waals surface area contributed by atoms with Crippen LogP contribution in [0.1, 0.15) is 26.1 Å². The summed E-state index contributed by atoms with van der Waals surface area (Å²) in [5, 5.41) is 6.62. The summed E-state index contributed by atoms with van der Waals surface area (Å²) in [5.41, 5.74) is 0. The van der Waals surface area contributed by atoms with Crippen LogP contribution in [-0.4, -0.2) is 28.8 Å². The Balaban J connectivity index is 2.37. The van der Waals surface area contributed by atoms with E-state index in [1.807, 2.05) is 6.92 Å². The van der Waals surface area contributed by atoms with E-state index in [4.69, 9.17) is 4.74 Å². The first-order valence-electron chi connectivity index (χ1n) is 4.93. The highest BCUT2D eigenvalue weighted by Gasteiger charge is 2.17. The van der Waals surface area contributed by atoms with Crippen molar-refractivity contribution in [2.24, 2.45) is 0 Å². The van der Waals surface area contributed by atoms with Gasteiger partial charge in [0.25, 0.3) is 0 Å². The molecule has 1 atom stereocenters. The molecule has 0 aliphatic heterocycles. The van der Waals surface area contributed by atoms with Crippen LogP contribution in [-0.2, 0) is 16.1 Å². The maximum Gasteiger partial charge on any atom is 0.323 e. The molecular formula is C9H15N3O3. The van der Waals surface area contributed by atoms with Gasteiger partial charge in [-0.25, -0.2) is 0 Å². The highest BCUT2D eigenvalue weighted by molar-refractivity contribution is 5.75. The van der Waals surface area contributed by atoms with Crippen molar-refractivity contribution >= 4 is 5.97 Å². The van der Waals surface area contributed by atoms with Crippen LogP contribution in [0.3, 0.4) is 0 Å². The van der Waals surface area contributed by atoms with Crippen molar-refractivity contribution < 1.29 is 14.1 Å². The Morgan fingerprint density at radius 3 is 3.00 bits per heavy atom. The lowest BCUT2D eigenvalue weighted by atomic mass is 10.2. The SMILES string of the molecule is CCOC(=O)C(CC)NCc1ncon1. The van der Waals surface area contributed by atoms with Crippen molar-refractivity contribution in [3.63, 3.8) is 0 Å². The molecule has 6 heteroatoms. The molecule has 1 rings (SSSR count). The molecule has 1 heterocycles. The van der Waals surface area contributed by atoms with Gasteiger partial charge in [-0.2, -0.15) is 4.98 Å². The van der Waals surface area contributed by atoms with E-state index in [0.29, 0.717) is 25.4 Å². The number of aromatic nitrogens is 2. The third-order valence-electron chi connectivity index (χ3n) is 1.89. The lowest BCUT2D eigenvalue weighted by Crippen LogP contribution is -2.37. The number of hydrogen-bond acceptors (Lipinski definition) is 6. The van der Waals surface area contributed by atoms with Crippen molar-refractivity contribution in [1.29, 1.82) is 0 Å². The van der Waals surface area contributed by atoms with Crippen LogP contribution in [0.4, 0.5) is 0 Å². The summed E-state index contributed by atoms with van der Waals surface area (Å²) in [4.78, 5) is 15.2. The Labute approximate surface area is 88.0 Å². The van der Waals surface area contributed by atoms with Crippen molar-refractivity contribution in [1.82, 2.24) is 15.5 Å². The molecule has 0 bridgehead atoms. The number of nitrogens with one attached hydrogen (secondary N) is 1. The van der Waals surface area contributed by atoms with Crippen LogP contribution in [0.5, 0.6) is 0 Å². The zero-order chi connectivity index (χ0) is 11.1. The minimum absolute atomic E-state index is 0.247. The fourth-order valence-corrected chi connectivity index (χ4v) is 1.12. The van der Waals surface area contributed by atoms with E-state index in [1.165, 1.54) is 6.39 Å². The molecule has 0 radical (unpaired) electrons. The molecule has 84 valence electrons. The van der Waals surface area contributed by atoms with Crippen LogP contribution in [0.15, 0.2) is 10.9 Å². The molecule has 6 nitrogen and oxygen atoms in total. The molecule has 0 aromatic carbocycles. The van der Waals surface area contributed by atoms with Gasteiger partial charge in [0.15, 0.2) is 5.82 Å². The molecular weight excluding hydrogens is 198 g/mol. The second-order valence-corrected chi connectivity index (χ2v) is 2.94. The van der Waals surface area contributed by atoms with Gasteiger partial charge in [-0.1, -0.05) is 12.1 Å². The molecule has 0 aliphatic rings. The van der Waals surface area contributed by atoms with E-state index in [0.717, 1.165) is 0 Å². The number of ether oxygens (including phenoxy) is 1. The predicted molar refractivity (Wildman–Crippen MR) is 51.8 cm³/mol. The van der Waals surface area contributed by atoms with E-state index in [-0.39, 0.29) is 12.0 Å². The normalized spacial score (nSPS) is 12.4. The van der Waals surface area contributed by atoms with Gasteiger partial charge < -0.3 is 9.26 Å². The molecule has 0 saturated carbocycles. The molecule has 1 unspecified atom stereocenters. The van der Waals surface area contributed by atoms with Crippen molar-refractivity contribution in [3.8, 4) is 0 Å². The fraction of sp³-hybridized carbons (Fsp3) is 0.667. The third-order valence-corrected chi connectivity index (χ3v) is 1.89. The predicted octanol–water partition coefficient (Wildman–Crippen LogP) is 0.501. The summed E-state index contributed by atoms with van der Waals surface area (Å²) in [6.45, 7) is 4.47. The van der Waals surface area contributed by atoms with Crippen LogP contribution < -0.4 is 5.32 Å². The second-order valence-electron chi connectivity index (χ2n) is 2.94. The van der Waals surface area contributed by atoms with Gasteiger partial charge in [0.2, 0.25) is 6.39 Å². The Bertz CT molecular complexity index is 287. The molecule has 0 spiro atoms. The first kappa shape index (κ1) is 11.6. The first-order valence-corrected chi connectivity index (χ1v) is 4.93. The van der Waals surface area contributed by atoms with E-state index in [1.54, 1.807) is 6.92 Å². The first-order chi connectivity index (χ1) is 7.27. The summed E-state index contributed by atoms with van der Waals surface area (Å²) in [5.74, 6) is 0.279. The van der Waals surface area contributed by atoms with Crippen molar-refractivity contribution in [3.05, 3.63) is 12.2 Å². The number of carbonyl (C=O) groups excluding carboxylic acids is 1. The van der Waals surface area contributed by atoms with E-state index < -0.39 is 0 Å². The summed E-state index contributed by atoms with van der Waals surface area (Å²) in [6, 6.07) is -0.316. The van der Waals surface area contributed by atoms with Gasteiger partial charge in [0.05, 0.1) is 13.2 Å². The maximum absolute atomic E-state index is 11.4. The molecule has 0 aliphatic carbocycles. The number of nitrogens with zero attached hydrogens (tertiary/aromatic N) is 2. The monoisotopic (exact) mass is 213 g/mol. The van der Waals surface area contributed by atoms with Gasteiger partial charge >= 0.3 is 5.97 Å². The Hall–Kier alpha value is -1.43. The van der Waals surface area contributed by atoms with E-state index in [2.05, 4.69) is 20.0 Å². The molecule has 1 aromatic rings.